The fourth-order valence-electron chi connectivity index (χ4n) is 1.35. The first-order valence-electron chi connectivity index (χ1n) is 5.17. The maximum atomic E-state index is 10.7. The third kappa shape index (κ3) is 2.20. The van der Waals surface area contributed by atoms with Crippen LogP contribution in [0.25, 0.3) is 11.0 Å². The van der Waals surface area contributed by atoms with E-state index in [1.165, 1.54) is 12.1 Å². The second-order valence-corrected chi connectivity index (χ2v) is 4.82. The lowest BCUT2D eigenvalue weighted by Crippen LogP contribution is -2.16. The predicted molar refractivity (Wildman–Crippen MR) is 62.7 cm³/mol. The fraction of sp³-hybridized carbons (Fsp3) is 0.364. The summed E-state index contributed by atoms with van der Waals surface area (Å²) < 4.78 is 0. The Morgan fingerprint density at radius 3 is 2.47 bits per heavy atom. The first-order valence-corrected chi connectivity index (χ1v) is 5.17. The third-order valence-corrected chi connectivity index (χ3v) is 2.32. The average Bonchev–Trinajstić information content (AvgIpc) is 2.26. The molecule has 6 nitrogen and oxygen atoms in total. The molecule has 2 aromatic rings. The van der Waals surface area contributed by atoms with Crippen LogP contribution < -0.4 is 0 Å². The smallest absolute Gasteiger partial charge is 0.258 e. The summed E-state index contributed by atoms with van der Waals surface area (Å²) in [4.78, 5) is 14.5. The molecule has 0 atom stereocenters. The van der Waals surface area contributed by atoms with Crippen molar-refractivity contribution in [3.63, 3.8) is 0 Å². The maximum Gasteiger partial charge on any atom is 0.271 e. The van der Waals surface area contributed by atoms with Gasteiger partial charge in [0.05, 0.1) is 10.4 Å². The Labute approximate surface area is 97.9 Å². The molecule has 1 aromatic heterocycles. The van der Waals surface area contributed by atoms with Crippen molar-refractivity contribution in [3.8, 4) is 0 Å². The van der Waals surface area contributed by atoms with Gasteiger partial charge in [0.1, 0.15) is 5.52 Å². The van der Waals surface area contributed by atoms with Gasteiger partial charge in [-0.25, -0.2) is 4.98 Å². The van der Waals surface area contributed by atoms with Crippen molar-refractivity contribution >= 4 is 16.7 Å². The molecule has 0 bridgehead atoms. The van der Waals surface area contributed by atoms with Crippen LogP contribution in [-0.4, -0.2) is 20.1 Å². The molecule has 1 aromatic carbocycles. The van der Waals surface area contributed by atoms with E-state index in [0.29, 0.717) is 16.9 Å². The molecule has 0 aliphatic heterocycles. The Morgan fingerprint density at radius 2 is 1.88 bits per heavy atom. The van der Waals surface area contributed by atoms with Crippen LogP contribution in [0.1, 0.15) is 26.6 Å². The Kier molecular flexibility index (Phi) is 2.49. The Morgan fingerprint density at radius 1 is 1.18 bits per heavy atom. The van der Waals surface area contributed by atoms with E-state index in [1.807, 2.05) is 20.8 Å². The molecule has 0 aliphatic rings. The van der Waals surface area contributed by atoms with Crippen LogP contribution in [0, 0.1) is 10.1 Å². The molecular weight excluding hydrogens is 220 g/mol. The van der Waals surface area contributed by atoms with E-state index in [9.17, 15) is 10.1 Å². The monoisotopic (exact) mass is 232 g/mol. The number of aromatic nitrogens is 3. The second kappa shape index (κ2) is 3.73. The molecule has 0 amide bonds. The fourth-order valence-corrected chi connectivity index (χ4v) is 1.35. The van der Waals surface area contributed by atoms with Crippen molar-refractivity contribution < 1.29 is 4.92 Å². The molecule has 0 radical (unpaired) electrons. The van der Waals surface area contributed by atoms with E-state index in [0.717, 1.165) is 0 Å². The zero-order chi connectivity index (χ0) is 12.6. The van der Waals surface area contributed by atoms with E-state index in [1.54, 1.807) is 6.07 Å². The number of rotatable bonds is 1. The molecule has 6 heteroatoms. The second-order valence-electron chi connectivity index (χ2n) is 4.82. The molecule has 17 heavy (non-hydrogen) atoms. The van der Waals surface area contributed by atoms with Gasteiger partial charge in [0.2, 0.25) is 0 Å². The lowest BCUT2D eigenvalue weighted by molar-refractivity contribution is -0.384. The Bertz CT molecular complexity index is 590. The Balaban J connectivity index is 2.62. The van der Waals surface area contributed by atoms with Crippen LogP contribution in [0.3, 0.4) is 0 Å². The SMILES string of the molecule is CC(C)(C)c1nnc2ccc([N+](=O)[O-])cc2n1. The Hall–Kier alpha value is -2.11. The summed E-state index contributed by atoms with van der Waals surface area (Å²) in [5.74, 6) is 0.575. The molecule has 88 valence electrons. The van der Waals surface area contributed by atoms with Gasteiger partial charge in [-0.05, 0) is 6.07 Å². The number of non-ortho nitro benzene ring substituents is 1. The normalized spacial score (nSPS) is 11.7. The minimum absolute atomic E-state index is 0.0119. The van der Waals surface area contributed by atoms with Crippen LogP contribution in [0.5, 0.6) is 0 Å². The zero-order valence-corrected chi connectivity index (χ0v) is 9.84. The number of nitrogens with zero attached hydrogens (tertiary/aromatic N) is 4. The number of nitro groups is 1. The summed E-state index contributed by atoms with van der Waals surface area (Å²) in [6.45, 7) is 5.90. The summed E-state index contributed by atoms with van der Waals surface area (Å²) in [6.07, 6.45) is 0. The van der Waals surface area contributed by atoms with E-state index < -0.39 is 4.92 Å². The summed E-state index contributed by atoms with van der Waals surface area (Å²) >= 11 is 0. The van der Waals surface area contributed by atoms with E-state index in [2.05, 4.69) is 15.2 Å². The van der Waals surface area contributed by atoms with Gasteiger partial charge in [0.25, 0.3) is 5.69 Å². The highest BCUT2D eigenvalue weighted by atomic mass is 16.6. The van der Waals surface area contributed by atoms with Gasteiger partial charge in [-0.1, -0.05) is 20.8 Å². The van der Waals surface area contributed by atoms with Crippen LogP contribution >= 0.6 is 0 Å². The molecule has 0 spiro atoms. The zero-order valence-electron chi connectivity index (χ0n) is 9.84. The number of hydrogen-bond donors (Lipinski definition) is 0. The maximum absolute atomic E-state index is 10.7. The highest BCUT2D eigenvalue weighted by molar-refractivity contribution is 5.76. The van der Waals surface area contributed by atoms with E-state index >= 15 is 0 Å². The van der Waals surface area contributed by atoms with Crippen molar-refractivity contribution in [3.05, 3.63) is 34.1 Å². The molecule has 0 fully saturated rings. The molecule has 0 saturated carbocycles. The average molecular weight is 232 g/mol. The lowest BCUT2D eigenvalue weighted by atomic mass is 9.96. The molecule has 0 N–H and O–H groups in total. The molecule has 2 rings (SSSR count). The number of fused-ring (bicyclic) bond motifs is 1. The third-order valence-electron chi connectivity index (χ3n) is 2.32. The molecule has 0 unspecified atom stereocenters. The van der Waals surface area contributed by atoms with Gasteiger partial charge in [0, 0.05) is 17.5 Å². The van der Waals surface area contributed by atoms with Gasteiger partial charge < -0.3 is 0 Å². The quantitative estimate of drug-likeness (QED) is 0.556. The number of benzene rings is 1. The van der Waals surface area contributed by atoms with Crippen molar-refractivity contribution in [1.29, 1.82) is 0 Å². The first-order chi connectivity index (χ1) is 7.88. The lowest BCUT2D eigenvalue weighted by Gasteiger charge is -2.15. The highest BCUT2D eigenvalue weighted by Crippen LogP contribution is 2.21. The molecule has 0 saturated heterocycles. The number of hydrogen-bond acceptors (Lipinski definition) is 5. The van der Waals surface area contributed by atoms with Crippen LogP contribution in [-0.2, 0) is 5.41 Å². The minimum Gasteiger partial charge on any atom is -0.258 e. The molecule has 0 aliphatic carbocycles. The van der Waals surface area contributed by atoms with Crippen LogP contribution in [0.15, 0.2) is 18.2 Å². The minimum atomic E-state index is -0.446. The predicted octanol–water partition coefficient (Wildman–Crippen LogP) is 2.23. The molecule has 1 heterocycles. The van der Waals surface area contributed by atoms with Crippen molar-refractivity contribution in [2.24, 2.45) is 0 Å². The van der Waals surface area contributed by atoms with Crippen molar-refractivity contribution in [2.45, 2.75) is 26.2 Å². The summed E-state index contributed by atoms with van der Waals surface area (Å²) in [7, 11) is 0. The van der Waals surface area contributed by atoms with Gasteiger partial charge in [0.15, 0.2) is 5.82 Å². The van der Waals surface area contributed by atoms with E-state index in [-0.39, 0.29) is 11.1 Å². The van der Waals surface area contributed by atoms with Gasteiger partial charge in [-0.15, -0.1) is 10.2 Å². The summed E-state index contributed by atoms with van der Waals surface area (Å²) in [6, 6.07) is 4.37. The number of nitro benzene ring substituents is 1. The topological polar surface area (TPSA) is 81.8 Å². The van der Waals surface area contributed by atoms with Crippen molar-refractivity contribution in [1.82, 2.24) is 15.2 Å². The van der Waals surface area contributed by atoms with E-state index in [4.69, 9.17) is 0 Å². The van der Waals surface area contributed by atoms with Crippen LogP contribution in [0.4, 0.5) is 5.69 Å². The first kappa shape index (κ1) is 11.4. The highest BCUT2D eigenvalue weighted by Gasteiger charge is 2.19. The largest absolute Gasteiger partial charge is 0.271 e. The molecular formula is C11H12N4O2. The van der Waals surface area contributed by atoms with Gasteiger partial charge in [-0.3, -0.25) is 10.1 Å². The van der Waals surface area contributed by atoms with Crippen LogP contribution in [0.2, 0.25) is 0 Å². The summed E-state index contributed by atoms with van der Waals surface area (Å²) in [5.41, 5.74) is 0.840. The van der Waals surface area contributed by atoms with Gasteiger partial charge >= 0.3 is 0 Å². The van der Waals surface area contributed by atoms with Gasteiger partial charge in [-0.2, -0.15) is 0 Å². The van der Waals surface area contributed by atoms with Crippen molar-refractivity contribution in [2.75, 3.05) is 0 Å². The summed E-state index contributed by atoms with van der Waals surface area (Å²) in [5, 5.41) is 18.7. The standard InChI is InChI=1S/C11H12N4O2/c1-11(2,3)10-12-9-6-7(15(16)17)4-5-8(9)13-14-10/h4-6H,1-3H3.